The Labute approximate surface area is 146 Å². The largest absolute Gasteiger partial charge is 0.396 e. The van der Waals surface area contributed by atoms with Gasteiger partial charge in [0.15, 0.2) is 0 Å². The number of aliphatic hydroxyl groups is 1. The van der Waals surface area contributed by atoms with Gasteiger partial charge in [0.05, 0.1) is 6.10 Å². The fourth-order valence-electron chi connectivity index (χ4n) is 2.61. The zero-order valence-corrected chi connectivity index (χ0v) is 15.0. The summed E-state index contributed by atoms with van der Waals surface area (Å²) >= 11 is 0. The summed E-state index contributed by atoms with van der Waals surface area (Å²) in [5, 5.41) is 8.99. The first-order chi connectivity index (χ1) is 11.9. The number of ether oxygens (including phenoxy) is 2. The number of aryl methyl sites for hydroxylation is 1. The summed E-state index contributed by atoms with van der Waals surface area (Å²) in [6.07, 6.45) is 18.5. The minimum absolute atomic E-state index is 0.0394. The third-order valence-electron chi connectivity index (χ3n) is 3.97. The van der Waals surface area contributed by atoms with Gasteiger partial charge in [0.2, 0.25) is 0 Å². The summed E-state index contributed by atoms with van der Waals surface area (Å²) < 4.78 is 10.4. The summed E-state index contributed by atoms with van der Waals surface area (Å²) in [5.41, 5.74) is 1.34. The monoisotopic (exact) mass is 335 g/mol. The molecule has 0 spiro atoms. The standard InChI is InChI=1S/C20H33NO3/c1-23-18-24-20(14-16-22)13-9-7-5-3-2-4-6-8-11-19-12-10-15-21-17-19/h9-10,12-13,15,17,20,22H,2-8,11,14,16,18H2,1H3/b13-9-/t20-/m0/s1. The normalized spacial score (nSPS) is 12.8. The Balaban J connectivity index is 1.94. The first kappa shape index (κ1) is 20.8. The fraction of sp³-hybridized carbons (Fsp3) is 0.650. The Hall–Kier alpha value is -1.23. The molecule has 0 amide bonds. The van der Waals surface area contributed by atoms with E-state index in [9.17, 15) is 0 Å². The number of rotatable bonds is 15. The van der Waals surface area contributed by atoms with Crippen LogP contribution in [-0.2, 0) is 15.9 Å². The van der Waals surface area contributed by atoms with Crippen LogP contribution >= 0.6 is 0 Å². The van der Waals surface area contributed by atoms with E-state index in [1.165, 1.54) is 44.1 Å². The molecular weight excluding hydrogens is 302 g/mol. The average Bonchev–Trinajstić information content (AvgIpc) is 2.62. The molecule has 1 atom stereocenters. The Kier molecular flexibility index (Phi) is 13.3. The Morgan fingerprint density at radius 2 is 1.96 bits per heavy atom. The topological polar surface area (TPSA) is 51.6 Å². The van der Waals surface area contributed by atoms with Crippen LogP contribution in [0, 0.1) is 0 Å². The predicted molar refractivity (Wildman–Crippen MR) is 97.9 cm³/mol. The average molecular weight is 335 g/mol. The van der Waals surface area contributed by atoms with Crippen LogP contribution in [-0.4, -0.2) is 36.7 Å². The van der Waals surface area contributed by atoms with Gasteiger partial charge in [-0.2, -0.15) is 0 Å². The molecule has 0 bridgehead atoms. The van der Waals surface area contributed by atoms with Gasteiger partial charge in [0, 0.05) is 32.5 Å². The SMILES string of the molecule is COCO[C@@H](/C=C\CCCCCCCCc1cccnc1)CCO. The van der Waals surface area contributed by atoms with E-state index in [1.54, 1.807) is 7.11 Å². The van der Waals surface area contributed by atoms with E-state index in [0.717, 1.165) is 12.8 Å². The van der Waals surface area contributed by atoms with Crippen molar-refractivity contribution in [2.24, 2.45) is 0 Å². The number of hydrogen-bond acceptors (Lipinski definition) is 4. The van der Waals surface area contributed by atoms with E-state index in [2.05, 4.69) is 17.1 Å². The van der Waals surface area contributed by atoms with Gasteiger partial charge in [0.1, 0.15) is 6.79 Å². The second kappa shape index (κ2) is 15.3. The number of aliphatic hydroxyl groups excluding tert-OH is 1. The van der Waals surface area contributed by atoms with E-state index in [4.69, 9.17) is 14.6 Å². The highest BCUT2D eigenvalue weighted by molar-refractivity contribution is 5.08. The van der Waals surface area contributed by atoms with Crippen molar-refractivity contribution in [2.45, 2.75) is 63.9 Å². The predicted octanol–water partition coefficient (Wildman–Crippen LogP) is 4.28. The van der Waals surface area contributed by atoms with E-state index in [-0.39, 0.29) is 19.5 Å². The maximum absolute atomic E-state index is 8.99. The number of aromatic nitrogens is 1. The van der Waals surface area contributed by atoms with Gasteiger partial charge in [-0.15, -0.1) is 0 Å². The first-order valence-corrected chi connectivity index (χ1v) is 9.13. The van der Waals surface area contributed by atoms with Crippen molar-refractivity contribution in [3.8, 4) is 0 Å². The van der Waals surface area contributed by atoms with Crippen molar-refractivity contribution >= 4 is 0 Å². The Morgan fingerprint density at radius 1 is 1.17 bits per heavy atom. The van der Waals surface area contributed by atoms with Crippen LogP contribution in [0.4, 0.5) is 0 Å². The van der Waals surface area contributed by atoms with Crippen molar-refractivity contribution < 1.29 is 14.6 Å². The number of methoxy groups -OCH3 is 1. The molecule has 4 nitrogen and oxygen atoms in total. The van der Waals surface area contributed by atoms with Crippen LogP contribution in [0.3, 0.4) is 0 Å². The Bertz CT molecular complexity index is 409. The van der Waals surface area contributed by atoms with Gasteiger partial charge in [-0.25, -0.2) is 0 Å². The van der Waals surface area contributed by atoms with E-state index in [1.807, 2.05) is 24.5 Å². The zero-order valence-electron chi connectivity index (χ0n) is 15.0. The van der Waals surface area contributed by atoms with Gasteiger partial charge in [-0.1, -0.05) is 43.9 Å². The van der Waals surface area contributed by atoms with Gasteiger partial charge in [-0.05, 0) is 37.3 Å². The van der Waals surface area contributed by atoms with E-state index in [0.29, 0.717) is 6.42 Å². The Morgan fingerprint density at radius 3 is 2.67 bits per heavy atom. The number of allylic oxidation sites excluding steroid dienone is 1. The molecule has 0 aromatic carbocycles. The van der Waals surface area contributed by atoms with Crippen molar-refractivity contribution in [1.29, 1.82) is 0 Å². The maximum Gasteiger partial charge on any atom is 0.147 e. The molecule has 1 heterocycles. The number of hydrogen-bond donors (Lipinski definition) is 1. The van der Waals surface area contributed by atoms with E-state index >= 15 is 0 Å². The molecule has 0 aliphatic rings. The lowest BCUT2D eigenvalue weighted by molar-refractivity contribution is -0.0607. The third-order valence-corrected chi connectivity index (χ3v) is 3.97. The smallest absolute Gasteiger partial charge is 0.147 e. The third kappa shape index (κ3) is 11.3. The van der Waals surface area contributed by atoms with E-state index < -0.39 is 0 Å². The molecule has 0 radical (unpaired) electrons. The molecule has 1 rings (SSSR count). The lowest BCUT2D eigenvalue weighted by Crippen LogP contribution is -2.13. The summed E-state index contributed by atoms with van der Waals surface area (Å²) in [5.74, 6) is 0. The highest BCUT2D eigenvalue weighted by Gasteiger charge is 2.03. The van der Waals surface area contributed by atoms with Crippen LogP contribution in [0.5, 0.6) is 0 Å². The van der Waals surface area contributed by atoms with Crippen LogP contribution in [0.25, 0.3) is 0 Å². The van der Waals surface area contributed by atoms with Gasteiger partial charge >= 0.3 is 0 Å². The quantitative estimate of drug-likeness (QED) is 0.295. The molecule has 1 aromatic rings. The van der Waals surface area contributed by atoms with Gasteiger partial charge < -0.3 is 14.6 Å². The van der Waals surface area contributed by atoms with Crippen molar-refractivity contribution in [3.05, 3.63) is 42.2 Å². The molecule has 0 fully saturated rings. The molecule has 1 N–H and O–H groups in total. The fourth-order valence-corrected chi connectivity index (χ4v) is 2.61. The molecule has 0 saturated carbocycles. The summed E-state index contributed by atoms with van der Waals surface area (Å²) in [7, 11) is 1.61. The lowest BCUT2D eigenvalue weighted by atomic mass is 10.1. The van der Waals surface area contributed by atoms with Gasteiger partial charge in [-0.3, -0.25) is 4.98 Å². The molecule has 136 valence electrons. The van der Waals surface area contributed by atoms with Crippen LogP contribution in [0.1, 0.15) is 56.9 Å². The second-order valence-electron chi connectivity index (χ2n) is 6.07. The van der Waals surface area contributed by atoms with Crippen LogP contribution in [0.15, 0.2) is 36.7 Å². The van der Waals surface area contributed by atoms with Crippen LogP contribution < -0.4 is 0 Å². The van der Waals surface area contributed by atoms with Crippen LogP contribution in [0.2, 0.25) is 0 Å². The highest BCUT2D eigenvalue weighted by atomic mass is 16.7. The minimum atomic E-state index is -0.0394. The number of unbranched alkanes of at least 4 members (excludes halogenated alkanes) is 6. The van der Waals surface area contributed by atoms with Gasteiger partial charge in [0.25, 0.3) is 0 Å². The van der Waals surface area contributed by atoms with Crippen molar-refractivity contribution in [2.75, 3.05) is 20.5 Å². The van der Waals surface area contributed by atoms with Crippen molar-refractivity contribution in [3.63, 3.8) is 0 Å². The molecule has 0 unspecified atom stereocenters. The summed E-state index contributed by atoms with van der Waals surface area (Å²) in [4.78, 5) is 4.15. The van der Waals surface area contributed by atoms with Crippen molar-refractivity contribution in [1.82, 2.24) is 4.98 Å². The lowest BCUT2D eigenvalue weighted by Gasteiger charge is -2.11. The molecule has 1 aromatic heterocycles. The number of pyridine rings is 1. The summed E-state index contributed by atoms with van der Waals surface area (Å²) in [6.45, 7) is 0.409. The minimum Gasteiger partial charge on any atom is -0.396 e. The maximum atomic E-state index is 8.99. The molecule has 0 aliphatic heterocycles. The molecule has 4 heteroatoms. The molecule has 0 aliphatic carbocycles. The molecule has 24 heavy (non-hydrogen) atoms. The highest BCUT2D eigenvalue weighted by Crippen LogP contribution is 2.11. The second-order valence-corrected chi connectivity index (χ2v) is 6.07. The molecular formula is C20H33NO3. The first-order valence-electron chi connectivity index (χ1n) is 9.13. The zero-order chi connectivity index (χ0) is 17.3. The molecule has 0 saturated heterocycles. The summed E-state index contributed by atoms with van der Waals surface area (Å²) in [6, 6.07) is 4.16. The number of nitrogens with zero attached hydrogens (tertiary/aromatic N) is 1.